The van der Waals surface area contributed by atoms with Crippen LogP contribution in [-0.4, -0.2) is 0 Å². The van der Waals surface area contributed by atoms with Crippen molar-refractivity contribution in [2.24, 2.45) is 11.8 Å². The molecule has 0 nitrogen and oxygen atoms in total. The third-order valence-corrected chi connectivity index (χ3v) is 4.15. The van der Waals surface area contributed by atoms with Crippen molar-refractivity contribution in [2.75, 3.05) is 0 Å². The van der Waals surface area contributed by atoms with E-state index in [1.807, 2.05) is 0 Å². The van der Waals surface area contributed by atoms with Crippen molar-refractivity contribution >= 4 is 0 Å². The molecule has 98 valence electrons. The van der Waals surface area contributed by atoms with Gasteiger partial charge in [0.15, 0.2) is 0 Å². The summed E-state index contributed by atoms with van der Waals surface area (Å²) >= 11 is 0. The first kappa shape index (κ1) is 16.0. The first-order valence-corrected chi connectivity index (χ1v) is 7.78. The van der Waals surface area contributed by atoms with Gasteiger partial charge in [0.05, 0.1) is 0 Å². The molecule has 0 saturated carbocycles. The minimum absolute atomic E-state index is 0.998. The maximum Gasteiger partial charge on any atom is -0.0417 e. The lowest BCUT2D eigenvalue weighted by Gasteiger charge is -2.14. The highest BCUT2D eigenvalue weighted by molar-refractivity contribution is 4.59. The Morgan fingerprint density at radius 1 is 0.562 bits per heavy atom. The van der Waals surface area contributed by atoms with Gasteiger partial charge in [-0.25, -0.2) is 0 Å². The summed E-state index contributed by atoms with van der Waals surface area (Å²) in [5, 5.41) is 0. The normalized spacial score (nSPS) is 13.3. The lowest BCUT2D eigenvalue weighted by atomic mass is 9.92. The fourth-order valence-corrected chi connectivity index (χ4v) is 2.70. The summed E-state index contributed by atoms with van der Waals surface area (Å²) in [5.41, 5.74) is 0. The van der Waals surface area contributed by atoms with Crippen LogP contribution in [0.5, 0.6) is 0 Å². The zero-order valence-corrected chi connectivity index (χ0v) is 12.2. The highest BCUT2D eigenvalue weighted by Crippen LogP contribution is 2.21. The number of unbranched alkanes of at least 4 members (excludes halogenated alkanes) is 2. The SMILES string of the molecule is CCCC(CC)CCCCCC(CC)CC. The van der Waals surface area contributed by atoms with Crippen molar-refractivity contribution in [1.82, 2.24) is 0 Å². The van der Waals surface area contributed by atoms with Crippen LogP contribution in [0.2, 0.25) is 0 Å². The lowest BCUT2D eigenvalue weighted by Crippen LogP contribution is -1.99. The molecule has 0 aliphatic heterocycles. The Hall–Kier alpha value is 0. The molecule has 0 heterocycles. The van der Waals surface area contributed by atoms with E-state index in [0.29, 0.717) is 0 Å². The molecule has 0 heteroatoms. The van der Waals surface area contributed by atoms with Crippen LogP contribution in [0.15, 0.2) is 0 Å². The van der Waals surface area contributed by atoms with E-state index in [9.17, 15) is 0 Å². The van der Waals surface area contributed by atoms with E-state index < -0.39 is 0 Å². The molecule has 0 aromatic heterocycles. The van der Waals surface area contributed by atoms with Gasteiger partial charge in [-0.05, 0) is 11.8 Å². The van der Waals surface area contributed by atoms with Gasteiger partial charge in [0.25, 0.3) is 0 Å². The quantitative estimate of drug-likeness (QED) is 0.368. The van der Waals surface area contributed by atoms with Crippen LogP contribution >= 0.6 is 0 Å². The molecule has 0 aliphatic carbocycles. The van der Waals surface area contributed by atoms with Gasteiger partial charge in [0.2, 0.25) is 0 Å². The van der Waals surface area contributed by atoms with Gasteiger partial charge in [0.1, 0.15) is 0 Å². The van der Waals surface area contributed by atoms with Gasteiger partial charge in [0, 0.05) is 0 Å². The summed E-state index contributed by atoms with van der Waals surface area (Å²) in [7, 11) is 0. The predicted molar refractivity (Wildman–Crippen MR) is 75.8 cm³/mol. The molecule has 0 fully saturated rings. The highest BCUT2D eigenvalue weighted by atomic mass is 14.1. The Morgan fingerprint density at radius 3 is 1.50 bits per heavy atom. The topological polar surface area (TPSA) is 0 Å². The molecule has 0 radical (unpaired) electrons. The van der Waals surface area contributed by atoms with Crippen LogP contribution in [0.25, 0.3) is 0 Å². The first-order chi connectivity index (χ1) is 7.78. The molecule has 0 aromatic rings. The van der Waals surface area contributed by atoms with Crippen molar-refractivity contribution in [3.8, 4) is 0 Å². The summed E-state index contributed by atoms with van der Waals surface area (Å²) in [4.78, 5) is 0. The van der Waals surface area contributed by atoms with E-state index in [-0.39, 0.29) is 0 Å². The van der Waals surface area contributed by atoms with E-state index in [1.165, 1.54) is 64.2 Å². The summed E-state index contributed by atoms with van der Waals surface area (Å²) < 4.78 is 0. The molecule has 16 heavy (non-hydrogen) atoms. The zero-order valence-electron chi connectivity index (χ0n) is 12.2. The summed E-state index contributed by atoms with van der Waals surface area (Å²) in [6.45, 7) is 9.34. The average molecular weight is 226 g/mol. The maximum atomic E-state index is 2.35. The molecule has 1 unspecified atom stereocenters. The molecular formula is C16H34. The Kier molecular flexibility index (Phi) is 11.5. The number of hydrogen-bond acceptors (Lipinski definition) is 0. The van der Waals surface area contributed by atoms with Gasteiger partial charge >= 0.3 is 0 Å². The molecule has 0 aromatic carbocycles. The fraction of sp³-hybridized carbons (Fsp3) is 1.00. The molecule has 0 spiro atoms. The molecule has 0 N–H and O–H groups in total. The standard InChI is InChI=1S/C16H34/c1-5-12-16(8-4)14-11-9-10-13-15(6-2)7-3/h15-16H,5-14H2,1-4H3. The number of rotatable bonds is 11. The summed E-state index contributed by atoms with van der Waals surface area (Å²) in [6, 6.07) is 0. The molecule has 0 amide bonds. The summed E-state index contributed by atoms with van der Waals surface area (Å²) in [5.74, 6) is 2.01. The summed E-state index contributed by atoms with van der Waals surface area (Å²) in [6.07, 6.45) is 14.3. The largest absolute Gasteiger partial charge is 0.0654 e. The molecule has 0 aliphatic rings. The monoisotopic (exact) mass is 226 g/mol. The molecule has 0 saturated heterocycles. The van der Waals surface area contributed by atoms with Gasteiger partial charge < -0.3 is 0 Å². The molecule has 0 bridgehead atoms. The smallest absolute Gasteiger partial charge is 0.0417 e. The van der Waals surface area contributed by atoms with Crippen molar-refractivity contribution < 1.29 is 0 Å². The van der Waals surface area contributed by atoms with E-state index in [4.69, 9.17) is 0 Å². The van der Waals surface area contributed by atoms with Crippen LogP contribution in [0.3, 0.4) is 0 Å². The van der Waals surface area contributed by atoms with Crippen molar-refractivity contribution in [2.45, 2.75) is 91.9 Å². The lowest BCUT2D eigenvalue weighted by molar-refractivity contribution is 0.390. The van der Waals surface area contributed by atoms with E-state index in [1.54, 1.807) is 0 Å². The van der Waals surface area contributed by atoms with Gasteiger partial charge in [-0.2, -0.15) is 0 Å². The Balaban J connectivity index is 3.37. The van der Waals surface area contributed by atoms with Crippen molar-refractivity contribution in [1.29, 1.82) is 0 Å². The van der Waals surface area contributed by atoms with Gasteiger partial charge in [-0.3, -0.25) is 0 Å². The van der Waals surface area contributed by atoms with Crippen LogP contribution in [0.1, 0.15) is 91.9 Å². The second kappa shape index (κ2) is 11.5. The minimum Gasteiger partial charge on any atom is -0.0654 e. The van der Waals surface area contributed by atoms with E-state index >= 15 is 0 Å². The predicted octanol–water partition coefficient (Wildman–Crippen LogP) is 6.20. The highest BCUT2D eigenvalue weighted by Gasteiger charge is 2.05. The fourth-order valence-electron chi connectivity index (χ4n) is 2.70. The van der Waals surface area contributed by atoms with Crippen LogP contribution in [-0.2, 0) is 0 Å². The molecular weight excluding hydrogens is 192 g/mol. The third kappa shape index (κ3) is 8.19. The average Bonchev–Trinajstić information content (AvgIpc) is 2.32. The molecule has 0 rings (SSSR count). The third-order valence-electron chi connectivity index (χ3n) is 4.15. The van der Waals surface area contributed by atoms with Gasteiger partial charge in [-0.1, -0.05) is 91.9 Å². The van der Waals surface area contributed by atoms with Crippen molar-refractivity contribution in [3.05, 3.63) is 0 Å². The number of hydrogen-bond donors (Lipinski definition) is 0. The zero-order chi connectivity index (χ0) is 12.2. The maximum absolute atomic E-state index is 2.35. The first-order valence-electron chi connectivity index (χ1n) is 7.78. The van der Waals surface area contributed by atoms with Crippen LogP contribution < -0.4 is 0 Å². The Morgan fingerprint density at radius 2 is 1.06 bits per heavy atom. The Bertz CT molecular complexity index is 124. The van der Waals surface area contributed by atoms with Crippen LogP contribution in [0.4, 0.5) is 0 Å². The Labute approximate surface area is 104 Å². The van der Waals surface area contributed by atoms with E-state index in [0.717, 1.165) is 11.8 Å². The molecule has 1 atom stereocenters. The van der Waals surface area contributed by atoms with Crippen molar-refractivity contribution in [3.63, 3.8) is 0 Å². The second-order valence-corrected chi connectivity index (χ2v) is 5.38. The van der Waals surface area contributed by atoms with Gasteiger partial charge in [-0.15, -0.1) is 0 Å². The second-order valence-electron chi connectivity index (χ2n) is 5.38. The van der Waals surface area contributed by atoms with Crippen LogP contribution in [0, 0.1) is 11.8 Å². The van der Waals surface area contributed by atoms with E-state index in [2.05, 4.69) is 27.7 Å². The minimum atomic E-state index is 0.998.